The van der Waals surface area contributed by atoms with Gasteiger partial charge in [-0.2, -0.15) is 4.37 Å². The summed E-state index contributed by atoms with van der Waals surface area (Å²) < 4.78 is 9.46. The quantitative estimate of drug-likeness (QED) is 0.729. The van der Waals surface area contributed by atoms with Gasteiger partial charge < -0.3 is 4.74 Å². The number of benzene rings is 2. The fourth-order valence-electron chi connectivity index (χ4n) is 1.81. The normalized spacial score (nSPS) is 10.2. The second-order valence-electron chi connectivity index (χ2n) is 4.41. The molecule has 1 heterocycles. The number of carbonyl (C=O) groups excluding carboxylic acids is 1. The van der Waals surface area contributed by atoms with Crippen LogP contribution >= 0.6 is 23.1 Å². The Hall–Kier alpha value is -2.37. The van der Waals surface area contributed by atoms with Gasteiger partial charge in [-0.15, -0.1) is 0 Å². The monoisotopic (exact) mass is 330 g/mol. The van der Waals surface area contributed by atoms with Crippen LogP contribution in [0.15, 0.2) is 60.7 Å². The third-order valence-electron chi connectivity index (χ3n) is 2.83. The van der Waals surface area contributed by atoms with E-state index in [-0.39, 0.29) is 0 Å². The largest absolute Gasteiger partial charge is 0.417 e. The van der Waals surface area contributed by atoms with E-state index in [1.807, 2.05) is 18.2 Å². The van der Waals surface area contributed by atoms with Gasteiger partial charge in [0.25, 0.3) is 0 Å². The van der Waals surface area contributed by atoms with Crippen LogP contribution in [0.5, 0.6) is 5.75 Å². The number of carbonyl (C=O) groups is 1. The van der Waals surface area contributed by atoms with Crippen LogP contribution < -0.4 is 10.1 Å². The van der Waals surface area contributed by atoms with E-state index in [0.29, 0.717) is 15.8 Å². The van der Waals surface area contributed by atoms with Crippen molar-refractivity contribution in [1.29, 1.82) is 0 Å². The van der Waals surface area contributed by atoms with Crippen LogP contribution in [0.2, 0.25) is 5.02 Å². The number of hydrogen-bond acceptors (Lipinski definition) is 4. The summed E-state index contributed by atoms with van der Waals surface area (Å²) in [5.74, 6) is 0.488. The van der Waals surface area contributed by atoms with Crippen molar-refractivity contribution in [2.45, 2.75) is 0 Å². The molecule has 1 aromatic heterocycles. The Bertz CT molecular complexity index is 772. The molecule has 110 valence electrons. The molecule has 0 atom stereocenters. The van der Waals surface area contributed by atoms with E-state index in [4.69, 9.17) is 16.3 Å². The molecule has 3 rings (SSSR count). The second-order valence-corrected chi connectivity index (χ2v) is 5.65. The lowest BCUT2D eigenvalue weighted by molar-refractivity contribution is 0.215. The van der Waals surface area contributed by atoms with Crippen molar-refractivity contribution in [2.75, 3.05) is 5.32 Å². The van der Waals surface area contributed by atoms with E-state index in [0.717, 1.165) is 11.3 Å². The lowest BCUT2D eigenvalue weighted by atomic mass is 10.1. The van der Waals surface area contributed by atoms with Crippen molar-refractivity contribution < 1.29 is 9.53 Å². The van der Waals surface area contributed by atoms with E-state index < -0.39 is 6.09 Å². The minimum Gasteiger partial charge on any atom is -0.410 e. The molecule has 0 aliphatic heterocycles. The zero-order chi connectivity index (χ0) is 15.4. The predicted molar refractivity (Wildman–Crippen MR) is 88.6 cm³/mol. The number of hydrogen-bond donors (Lipinski definition) is 1. The number of amides is 1. The lowest BCUT2D eigenvalue weighted by Crippen LogP contribution is -2.15. The smallest absolute Gasteiger partial charge is 0.410 e. The van der Waals surface area contributed by atoms with Gasteiger partial charge in [-0.1, -0.05) is 41.9 Å². The van der Waals surface area contributed by atoms with Crippen LogP contribution in [0.25, 0.3) is 11.3 Å². The van der Waals surface area contributed by atoms with E-state index >= 15 is 0 Å². The average molecular weight is 331 g/mol. The molecule has 6 heteroatoms. The molecule has 0 spiro atoms. The minimum absolute atomic E-state index is 0.488. The van der Waals surface area contributed by atoms with Crippen molar-refractivity contribution in [2.24, 2.45) is 0 Å². The Balaban J connectivity index is 1.66. The van der Waals surface area contributed by atoms with Crippen molar-refractivity contribution >= 4 is 34.2 Å². The summed E-state index contributed by atoms with van der Waals surface area (Å²) in [6, 6.07) is 18.0. The topological polar surface area (TPSA) is 51.2 Å². The molecule has 0 aliphatic carbocycles. The van der Waals surface area contributed by atoms with Crippen molar-refractivity contribution in [3.8, 4) is 17.0 Å². The Kier molecular flexibility index (Phi) is 4.37. The summed E-state index contributed by atoms with van der Waals surface area (Å²) in [5, 5.41) is 3.95. The standard InChI is InChI=1S/C16H11ClN2O2S/c17-12-8-6-11(7-9-12)14-10-15(22-19-14)18-16(20)21-13-4-2-1-3-5-13/h1-10H,(H,18,20). The van der Waals surface area contributed by atoms with Gasteiger partial charge in [0, 0.05) is 16.7 Å². The Labute approximate surface area is 136 Å². The van der Waals surface area contributed by atoms with Crippen LogP contribution in [-0.2, 0) is 0 Å². The van der Waals surface area contributed by atoms with Gasteiger partial charge in [0.15, 0.2) is 0 Å². The third kappa shape index (κ3) is 3.63. The van der Waals surface area contributed by atoms with Gasteiger partial charge in [-0.3, -0.25) is 5.32 Å². The maximum Gasteiger partial charge on any atom is 0.417 e. The number of para-hydroxylation sites is 1. The summed E-state index contributed by atoms with van der Waals surface area (Å²) in [5.41, 5.74) is 1.71. The first-order chi connectivity index (χ1) is 10.7. The van der Waals surface area contributed by atoms with Gasteiger partial charge >= 0.3 is 6.09 Å². The molecule has 0 radical (unpaired) electrons. The number of nitrogens with zero attached hydrogens (tertiary/aromatic N) is 1. The van der Waals surface area contributed by atoms with Crippen molar-refractivity contribution in [3.05, 3.63) is 65.7 Å². The molecule has 0 unspecified atom stereocenters. The molecule has 22 heavy (non-hydrogen) atoms. The molecule has 4 nitrogen and oxygen atoms in total. The summed E-state index contributed by atoms with van der Waals surface area (Å²) in [6.45, 7) is 0. The third-order valence-corrected chi connectivity index (χ3v) is 3.79. The number of halogens is 1. The first-order valence-corrected chi connectivity index (χ1v) is 7.62. The number of aromatic nitrogens is 1. The van der Waals surface area contributed by atoms with Crippen LogP contribution in [0.3, 0.4) is 0 Å². The predicted octanol–water partition coefficient (Wildman–Crippen LogP) is 5.07. The number of nitrogens with one attached hydrogen (secondary N) is 1. The number of ether oxygens (including phenoxy) is 1. The van der Waals surface area contributed by atoms with Crippen LogP contribution in [0.4, 0.5) is 9.80 Å². The molecule has 0 saturated carbocycles. The molecule has 1 N–H and O–H groups in total. The summed E-state index contributed by atoms with van der Waals surface area (Å²) >= 11 is 7.05. The highest BCUT2D eigenvalue weighted by atomic mass is 35.5. The van der Waals surface area contributed by atoms with E-state index in [1.165, 1.54) is 11.5 Å². The Morgan fingerprint density at radius 3 is 2.55 bits per heavy atom. The van der Waals surface area contributed by atoms with Crippen molar-refractivity contribution in [3.63, 3.8) is 0 Å². The van der Waals surface area contributed by atoms with Crippen molar-refractivity contribution in [1.82, 2.24) is 4.37 Å². The molecule has 1 amide bonds. The highest BCUT2D eigenvalue weighted by Crippen LogP contribution is 2.26. The first-order valence-electron chi connectivity index (χ1n) is 6.47. The highest BCUT2D eigenvalue weighted by Gasteiger charge is 2.09. The van der Waals surface area contributed by atoms with E-state index in [2.05, 4.69) is 9.69 Å². The fraction of sp³-hybridized carbons (Fsp3) is 0. The molecular weight excluding hydrogens is 320 g/mol. The summed E-state index contributed by atoms with van der Waals surface area (Å²) in [7, 11) is 0. The van der Waals surface area contributed by atoms with Gasteiger partial charge in [-0.25, -0.2) is 4.79 Å². The number of anilines is 1. The maximum absolute atomic E-state index is 11.8. The molecular formula is C16H11ClN2O2S. The molecule has 3 aromatic rings. The fourth-order valence-corrected chi connectivity index (χ4v) is 2.59. The zero-order valence-corrected chi connectivity index (χ0v) is 12.9. The van der Waals surface area contributed by atoms with Crippen LogP contribution in [-0.4, -0.2) is 10.5 Å². The van der Waals surface area contributed by atoms with Gasteiger partial charge in [-0.05, 0) is 35.8 Å². The minimum atomic E-state index is -0.544. The Morgan fingerprint density at radius 1 is 1.09 bits per heavy atom. The average Bonchev–Trinajstić information content (AvgIpc) is 2.97. The van der Waals surface area contributed by atoms with Gasteiger partial charge in [0.2, 0.25) is 0 Å². The summed E-state index contributed by atoms with van der Waals surface area (Å²) in [4.78, 5) is 11.8. The van der Waals surface area contributed by atoms with E-state index in [1.54, 1.807) is 42.5 Å². The Morgan fingerprint density at radius 2 is 1.82 bits per heavy atom. The molecule has 0 aliphatic rings. The second kappa shape index (κ2) is 6.60. The first kappa shape index (κ1) is 14.6. The van der Waals surface area contributed by atoms with Gasteiger partial charge in [0.05, 0.1) is 5.69 Å². The molecule has 2 aromatic carbocycles. The highest BCUT2D eigenvalue weighted by molar-refractivity contribution is 7.10. The molecule has 0 bridgehead atoms. The maximum atomic E-state index is 11.8. The molecule has 0 fully saturated rings. The zero-order valence-electron chi connectivity index (χ0n) is 11.3. The van der Waals surface area contributed by atoms with Crippen LogP contribution in [0, 0.1) is 0 Å². The van der Waals surface area contributed by atoms with Crippen LogP contribution in [0.1, 0.15) is 0 Å². The van der Waals surface area contributed by atoms with Gasteiger partial charge in [0.1, 0.15) is 10.8 Å². The number of rotatable bonds is 3. The lowest BCUT2D eigenvalue weighted by Gasteiger charge is -2.03. The molecule has 0 saturated heterocycles. The summed E-state index contributed by atoms with van der Waals surface area (Å²) in [6.07, 6.45) is -0.544. The van der Waals surface area contributed by atoms with E-state index in [9.17, 15) is 4.79 Å². The SMILES string of the molecule is O=C(Nc1cc(-c2ccc(Cl)cc2)ns1)Oc1ccccc1.